The molecule has 0 aromatic rings. The summed E-state index contributed by atoms with van der Waals surface area (Å²) in [7, 11) is 0. The summed E-state index contributed by atoms with van der Waals surface area (Å²) in [5.41, 5.74) is 0. The van der Waals surface area contributed by atoms with Gasteiger partial charge in [-0.1, -0.05) is 120 Å². The van der Waals surface area contributed by atoms with Gasteiger partial charge in [0.15, 0.2) is 18.9 Å². The Kier molecular flexibility index (Phi) is 32.5. The second-order valence-corrected chi connectivity index (χ2v) is 18.9. The SMILES string of the molecule is CC/C=C/CC/C=C/CC/C=C/C(O)C(COC1OC(CO)C(OC2OC(CO)C(OC3OC(CO)C(O)C(O)C3O)C(O)C2O)C(O)C1O)NC(=O)CCCCCCC/C=C\CCCCCCCCC. The van der Waals surface area contributed by atoms with Crippen molar-refractivity contribution in [2.45, 2.75) is 247 Å². The fourth-order valence-corrected chi connectivity index (χ4v) is 8.69. The molecule has 3 heterocycles. The minimum absolute atomic E-state index is 0.220. The van der Waals surface area contributed by atoms with Crippen LogP contribution in [0.15, 0.2) is 48.6 Å². The summed E-state index contributed by atoms with van der Waals surface area (Å²) in [6, 6.07) is -0.997. The second-order valence-electron chi connectivity index (χ2n) is 18.9. The molecule has 19 nitrogen and oxygen atoms in total. The number of ether oxygens (including phenoxy) is 6. The topological polar surface area (TPSA) is 307 Å². The lowest BCUT2D eigenvalue weighted by Gasteiger charge is -2.48. The van der Waals surface area contributed by atoms with Crippen molar-refractivity contribution in [3.05, 3.63) is 48.6 Å². The molecule has 71 heavy (non-hydrogen) atoms. The van der Waals surface area contributed by atoms with Crippen LogP contribution in [0.4, 0.5) is 0 Å². The van der Waals surface area contributed by atoms with Gasteiger partial charge >= 0.3 is 0 Å². The van der Waals surface area contributed by atoms with Gasteiger partial charge in [0.2, 0.25) is 5.91 Å². The molecule has 1 amide bonds. The number of nitrogens with one attached hydrogen (secondary N) is 1. The van der Waals surface area contributed by atoms with Crippen molar-refractivity contribution < 1.29 is 89.4 Å². The molecule has 0 saturated carbocycles. The lowest BCUT2D eigenvalue weighted by molar-refractivity contribution is -0.379. The van der Waals surface area contributed by atoms with Crippen LogP contribution < -0.4 is 5.32 Å². The van der Waals surface area contributed by atoms with E-state index in [2.05, 4.69) is 55.6 Å². The first-order valence-electron chi connectivity index (χ1n) is 26.4. The van der Waals surface area contributed by atoms with Crippen molar-refractivity contribution in [2.24, 2.45) is 0 Å². The zero-order valence-electron chi connectivity index (χ0n) is 42.2. The molecule has 412 valence electrons. The van der Waals surface area contributed by atoms with Gasteiger partial charge in [0.1, 0.15) is 73.2 Å². The van der Waals surface area contributed by atoms with Crippen LogP contribution in [0.1, 0.15) is 142 Å². The molecule has 17 unspecified atom stereocenters. The average molecular weight is 1020 g/mol. The first-order valence-corrected chi connectivity index (χ1v) is 26.4. The van der Waals surface area contributed by atoms with Crippen molar-refractivity contribution in [3.63, 3.8) is 0 Å². The van der Waals surface area contributed by atoms with Gasteiger partial charge in [0.05, 0.1) is 38.6 Å². The standard InChI is InChI=1S/C52H91NO18/c1-3-5-7-9-11-13-15-16-17-18-19-20-22-24-26-28-30-40(58)53-35(36(57)29-27-25-23-21-14-12-10-8-6-4-2)34-66-50-46(64)43(61)48(38(32-55)68-50)71-52-47(65)44(62)49(39(33-56)69-52)70-51-45(63)42(60)41(59)37(31-54)67-51/h6,8,14,17-18,21,27,29,35-39,41-52,54-57,59-65H,3-5,7,9-13,15-16,19-20,22-26,28,30-34H2,1-2H3,(H,53,58)/b8-6+,18-17-,21-14+,29-27+. The van der Waals surface area contributed by atoms with Crippen molar-refractivity contribution in [1.82, 2.24) is 5.32 Å². The Morgan fingerprint density at radius 3 is 1.48 bits per heavy atom. The third kappa shape index (κ3) is 22.2. The van der Waals surface area contributed by atoms with E-state index in [1.165, 1.54) is 44.9 Å². The molecule has 0 aliphatic carbocycles. The van der Waals surface area contributed by atoms with Crippen LogP contribution in [0, 0.1) is 0 Å². The molecule has 3 saturated heterocycles. The zero-order valence-corrected chi connectivity index (χ0v) is 42.2. The molecule has 0 radical (unpaired) electrons. The maximum absolute atomic E-state index is 13.2. The molecule has 0 aromatic carbocycles. The molecule has 0 spiro atoms. The highest BCUT2D eigenvalue weighted by Crippen LogP contribution is 2.33. The van der Waals surface area contributed by atoms with Gasteiger partial charge in [0, 0.05) is 6.42 Å². The molecule has 3 aliphatic rings. The van der Waals surface area contributed by atoms with E-state index >= 15 is 0 Å². The Balaban J connectivity index is 1.55. The van der Waals surface area contributed by atoms with Crippen LogP contribution >= 0.6 is 0 Å². The summed E-state index contributed by atoms with van der Waals surface area (Å²) in [4.78, 5) is 13.2. The molecule has 17 atom stereocenters. The molecule has 0 aromatic heterocycles. The molecular weight excluding hydrogens is 927 g/mol. The Hall–Kier alpha value is -2.25. The summed E-state index contributed by atoms with van der Waals surface area (Å²) in [5.74, 6) is -0.304. The quantitative estimate of drug-likeness (QED) is 0.0317. The summed E-state index contributed by atoms with van der Waals surface area (Å²) < 4.78 is 34.0. The number of hydrogen-bond donors (Lipinski definition) is 12. The van der Waals surface area contributed by atoms with E-state index < -0.39 is 124 Å². The Labute approximate surface area is 421 Å². The number of allylic oxidation sites excluding steroid dienone is 7. The Morgan fingerprint density at radius 2 is 0.944 bits per heavy atom. The fraction of sp³-hybridized carbons (Fsp3) is 0.827. The molecule has 3 rings (SSSR count). The molecule has 12 N–H and O–H groups in total. The van der Waals surface area contributed by atoms with E-state index in [0.29, 0.717) is 12.8 Å². The summed E-state index contributed by atoms with van der Waals surface area (Å²) in [6.45, 7) is 1.51. The number of unbranched alkanes of at least 4 members (excludes halogenated alkanes) is 14. The van der Waals surface area contributed by atoms with Crippen molar-refractivity contribution in [3.8, 4) is 0 Å². The first kappa shape index (κ1) is 63.0. The van der Waals surface area contributed by atoms with E-state index in [4.69, 9.17) is 28.4 Å². The summed E-state index contributed by atoms with van der Waals surface area (Å²) >= 11 is 0. The van der Waals surface area contributed by atoms with E-state index in [0.717, 1.165) is 64.2 Å². The third-order valence-electron chi connectivity index (χ3n) is 13.1. The minimum Gasteiger partial charge on any atom is -0.394 e. The highest BCUT2D eigenvalue weighted by molar-refractivity contribution is 5.76. The summed E-state index contributed by atoms with van der Waals surface area (Å²) in [5, 5.41) is 119. The number of hydrogen-bond acceptors (Lipinski definition) is 18. The number of carbonyl (C=O) groups is 1. The van der Waals surface area contributed by atoms with E-state index in [1.54, 1.807) is 12.2 Å². The van der Waals surface area contributed by atoms with Crippen LogP contribution in [-0.2, 0) is 33.2 Å². The lowest BCUT2D eigenvalue weighted by atomic mass is 9.96. The van der Waals surface area contributed by atoms with Gasteiger partial charge in [-0.15, -0.1) is 0 Å². The molecular formula is C52H91NO18. The van der Waals surface area contributed by atoms with Gasteiger partial charge in [-0.3, -0.25) is 4.79 Å². The van der Waals surface area contributed by atoms with Crippen molar-refractivity contribution >= 4 is 5.91 Å². The van der Waals surface area contributed by atoms with Crippen molar-refractivity contribution in [1.29, 1.82) is 0 Å². The predicted molar refractivity (Wildman–Crippen MR) is 263 cm³/mol. The lowest BCUT2D eigenvalue weighted by Crippen LogP contribution is -2.66. The number of aliphatic hydroxyl groups is 11. The largest absolute Gasteiger partial charge is 0.394 e. The van der Waals surface area contributed by atoms with Gasteiger partial charge in [-0.05, 0) is 64.2 Å². The van der Waals surface area contributed by atoms with E-state index in [-0.39, 0.29) is 18.9 Å². The minimum atomic E-state index is -1.98. The summed E-state index contributed by atoms with van der Waals surface area (Å²) in [6.07, 6.45) is 9.89. The highest BCUT2D eigenvalue weighted by Gasteiger charge is 2.53. The predicted octanol–water partition coefficient (Wildman–Crippen LogP) is 2.36. The molecule has 3 fully saturated rings. The Morgan fingerprint density at radius 1 is 0.507 bits per heavy atom. The monoisotopic (exact) mass is 1020 g/mol. The van der Waals surface area contributed by atoms with Crippen LogP contribution in [0.3, 0.4) is 0 Å². The molecule has 0 bridgehead atoms. The Bertz CT molecular complexity index is 1500. The van der Waals surface area contributed by atoms with Crippen LogP contribution in [-0.4, -0.2) is 193 Å². The van der Waals surface area contributed by atoms with Gasteiger partial charge in [0.25, 0.3) is 0 Å². The zero-order chi connectivity index (χ0) is 52.0. The van der Waals surface area contributed by atoms with Gasteiger partial charge < -0.3 is 89.9 Å². The second kappa shape index (κ2) is 36.7. The average Bonchev–Trinajstić information content (AvgIpc) is 3.36. The molecule has 19 heteroatoms. The third-order valence-corrected chi connectivity index (χ3v) is 13.1. The maximum Gasteiger partial charge on any atom is 0.220 e. The van der Waals surface area contributed by atoms with Crippen LogP contribution in [0.5, 0.6) is 0 Å². The number of amides is 1. The maximum atomic E-state index is 13.2. The van der Waals surface area contributed by atoms with Gasteiger partial charge in [-0.25, -0.2) is 0 Å². The van der Waals surface area contributed by atoms with Crippen LogP contribution in [0.2, 0.25) is 0 Å². The van der Waals surface area contributed by atoms with Crippen LogP contribution in [0.25, 0.3) is 0 Å². The molecule has 3 aliphatic heterocycles. The highest BCUT2D eigenvalue weighted by atomic mass is 16.8. The van der Waals surface area contributed by atoms with Crippen molar-refractivity contribution in [2.75, 3.05) is 26.4 Å². The van der Waals surface area contributed by atoms with Gasteiger partial charge in [-0.2, -0.15) is 0 Å². The normalized spacial score (nSPS) is 32.7. The number of rotatable bonds is 36. The number of carbonyl (C=O) groups excluding carboxylic acids is 1. The van der Waals surface area contributed by atoms with E-state index in [9.17, 15) is 61.0 Å². The van der Waals surface area contributed by atoms with E-state index in [1.807, 2.05) is 0 Å². The first-order chi connectivity index (χ1) is 34.3. The number of aliphatic hydroxyl groups excluding tert-OH is 11. The smallest absolute Gasteiger partial charge is 0.220 e. The fourth-order valence-electron chi connectivity index (χ4n) is 8.69.